The van der Waals surface area contributed by atoms with Crippen molar-refractivity contribution in [2.75, 3.05) is 0 Å². The Morgan fingerprint density at radius 1 is 1.17 bits per heavy atom. The van der Waals surface area contributed by atoms with Crippen molar-refractivity contribution in [2.24, 2.45) is 0 Å². The largest absolute Gasteiger partial charge is 0.450 e. The molecule has 2 nitrogen and oxygen atoms in total. The molecule has 0 saturated carbocycles. The van der Waals surface area contributed by atoms with Crippen molar-refractivity contribution in [3.8, 4) is 0 Å². The van der Waals surface area contributed by atoms with Crippen molar-refractivity contribution in [3.05, 3.63) is 0 Å². The molecule has 0 radical (unpaired) electrons. The molecule has 7 heteroatoms. The SMILES string of the molecule is CC(=O)CC(=O)C(F)(F)F.[Ni].[Ni]. The molecule has 0 aliphatic carbocycles. The van der Waals surface area contributed by atoms with E-state index in [4.69, 9.17) is 0 Å². The Balaban J connectivity index is -0.000000405. The third-order valence-electron chi connectivity index (χ3n) is 0.726. The molecule has 78 valence electrons. The summed E-state index contributed by atoms with van der Waals surface area (Å²) in [5.41, 5.74) is 0. The van der Waals surface area contributed by atoms with Gasteiger partial charge < -0.3 is 0 Å². The quantitative estimate of drug-likeness (QED) is 0.556. The second-order valence-electron chi connectivity index (χ2n) is 1.80. The van der Waals surface area contributed by atoms with Gasteiger partial charge in [0.2, 0.25) is 5.78 Å². The molecule has 0 aliphatic rings. The third kappa shape index (κ3) is 8.22. The molecule has 0 aromatic heterocycles. The minimum absolute atomic E-state index is 0. The summed E-state index contributed by atoms with van der Waals surface area (Å²) >= 11 is 0. The molecule has 0 aromatic carbocycles. The molecular weight excluding hydrogens is 266 g/mol. The van der Waals surface area contributed by atoms with Crippen LogP contribution < -0.4 is 0 Å². The monoisotopic (exact) mass is 270 g/mol. The van der Waals surface area contributed by atoms with E-state index in [0.29, 0.717) is 0 Å². The summed E-state index contributed by atoms with van der Waals surface area (Å²) in [6.07, 6.45) is -5.92. The Morgan fingerprint density at radius 2 is 1.50 bits per heavy atom. The van der Waals surface area contributed by atoms with E-state index in [1.54, 1.807) is 0 Å². The van der Waals surface area contributed by atoms with Crippen LogP contribution in [0.15, 0.2) is 0 Å². The Hall–Kier alpha value is 0.117. The van der Waals surface area contributed by atoms with Crippen LogP contribution in [0.1, 0.15) is 13.3 Å². The summed E-state index contributed by atoms with van der Waals surface area (Å²) in [6.45, 7) is 0.934. The fourth-order valence-corrected chi connectivity index (χ4v) is 0.326. The molecule has 12 heavy (non-hydrogen) atoms. The smallest absolute Gasteiger partial charge is 0.300 e. The molecule has 0 bridgehead atoms. The van der Waals surface area contributed by atoms with Crippen molar-refractivity contribution in [2.45, 2.75) is 19.5 Å². The number of rotatable bonds is 2. The molecule has 0 fully saturated rings. The number of ketones is 2. The van der Waals surface area contributed by atoms with Crippen LogP contribution in [0.4, 0.5) is 13.2 Å². The van der Waals surface area contributed by atoms with Gasteiger partial charge in [-0.1, -0.05) is 0 Å². The maximum atomic E-state index is 11.3. The van der Waals surface area contributed by atoms with Gasteiger partial charge in [0.1, 0.15) is 5.78 Å². The second kappa shape index (κ2) is 6.61. The maximum Gasteiger partial charge on any atom is 0.450 e. The van der Waals surface area contributed by atoms with Gasteiger partial charge in [-0.15, -0.1) is 0 Å². The second-order valence-corrected chi connectivity index (χ2v) is 1.80. The standard InChI is InChI=1S/C5H5F3O2.2Ni/c1-3(9)2-4(10)5(6,7)8;;/h2H2,1H3;;. The molecule has 0 aliphatic heterocycles. The summed E-state index contributed by atoms with van der Waals surface area (Å²) in [7, 11) is 0. The van der Waals surface area contributed by atoms with Gasteiger partial charge >= 0.3 is 6.18 Å². The Kier molecular flexibility index (Phi) is 9.93. The van der Waals surface area contributed by atoms with Crippen LogP contribution in [0, 0.1) is 0 Å². The molecule has 0 N–H and O–H groups in total. The average molecular weight is 271 g/mol. The number of hydrogen-bond donors (Lipinski definition) is 0. The zero-order valence-corrected chi connectivity index (χ0v) is 7.77. The predicted octanol–water partition coefficient (Wildman–Crippen LogP) is 1.09. The van der Waals surface area contributed by atoms with Crippen LogP contribution in [0.2, 0.25) is 0 Å². The van der Waals surface area contributed by atoms with E-state index in [2.05, 4.69) is 0 Å². The van der Waals surface area contributed by atoms with E-state index >= 15 is 0 Å². The number of Topliss-reactive ketones (excluding diaryl/α,β-unsaturated/α-hetero) is 2. The molecule has 0 heterocycles. The molecule has 0 unspecified atom stereocenters. The number of carbonyl (C=O) groups excluding carboxylic acids is 2. The fourth-order valence-electron chi connectivity index (χ4n) is 0.326. The van der Waals surface area contributed by atoms with Crippen LogP contribution in [0.25, 0.3) is 0 Å². The first-order valence-electron chi connectivity index (χ1n) is 2.43. The predicted molar refractivity (Wildman–Crippen MR) is 26.4 cm³/mol. The molecular formula is C5H5F3Ni2O2. The minimum Gasteiger partial charge on any atom is -0.300 e. The van der Waals surface area contributed by atoms with Gasteiger partial charge in [-0.25, -0.2) is 0 Å². The first kappa shape index (κ1) is 18.0. The number of hydrogen-bond acceptors (Lipinski definition) is 2. The van der Waals surface area contributed by atoms with Gasteiger partial charge in [0.15, 0.2) is 0 Å². The summed E-state index contributed by atoms with van der Waals surface area (Å²) in [4.78, 5) is 19.9. The molecule has 0 amide bonds. The number of alkyl halides is 3. The van der Waals surface area contributed by atoms with Crippen molar-refractivity contribution in [1.29, 1.82) is 0 Å². The Bertz CT molecular complexity index is 167. The van der Waals surface area contributed by atoms with E-state index in [1.165, 1.54) is 0 Å². The topological polar surface area (TPSA) is 34.1 Å². The van der Waals surface area contributed by atoms with Gasteiger partial charge in [-0.2, -0.15) is 13.2 Å². The number of halogens is 3. The molecule has 0 aromatic rings. The molecule has 0 saturated heterocycles. The summed E-state index contributed by atoms with van der Waals surface area (Å²) in [5.74, 6) is -2.76. The fraction of sp³-hybridized carbons (Fsp3) is 0.600. The first-order chi connectivity index (χ1) is 4.34. The van der Waals surface area contributed by atoms with Crippen LogP contribution in [-0.4, -0.2) is 17.7 Å². The Morgan fingerprint density at radius 3 is 1.58 bits per heavy atom. The van der Waals surface area contributed by atoms with Gasteiger partial charge in [0.25, 0.3) is 0 Å². The number of carbonyl (C=O) groups is 2. The van der Waals surface area contributed by atoms with Gasteiger partial charge in [0.05, 0.1) is 6.42 Å². The summed E-state index contributed by atoms with van der Waals surface area (Å²) in [5, 5.41) is 0. The maximum absolute atomic E-state index is 11.3. The Labute approximate surface area is 87.1 Å². The van der Waals surface area contributed by atoms with Crippen LogP contribution in [-0.2, 0) is 42.6 Å². The normalized spacial score (nSPS) is 9.33. The van der Waals surface area contributed by atoms with Crippen LogP contribution in [0.5, 0.6) is 0 Å². The average Bonchev–Trinajstić information content (AvgIpc) is 1.60. The van der Waals surface area contributed by atoms with Crippen LogP contribution in [0.3, 0.4) is 0 Å². The molecule has 0 rings (SSSR count). The van der Waals surface area contributed by atoms with Crippen molar-refractivity contribution < 1.29 is 55.7 Å². The summed E-state index contributed by atoms with van der Waals surface area (Å²) < 4.78 is 33.9. The van der Waals surface area contributed by atoms with E-state index < -0.39 is 24.2 Å². The van der Waals surface area contributed by atoms with E-state index in [1.807, 2.05) is 0 Å². The van der Waals surface area contributed by atoms with Crippen molar-refractivity contribution >= 4 is 11.6 Å². The van der Waals surface area contributed by atoms with Gasteiger partial charge in [-0.05, 0) is 6.92 Å². The summed E-state index contributed by atoms with van der Waals surface area (Å²) in [6, 6.07) is 0. The molecule has 0 atom stereocenters. The van der Waals surface area contributed by atoms with E-state index in [9.17, 15) is 22.8 Å². The zero-order chi connectivity index (χ0) is 8.36. The third-order valence-corrected chi connectivity index (χ3v) is 0.726. The van der Waals surface area contributed by atoms with Gasteiger partial charge in [0, 0.05) is 33.0 Å². The first-order valence-corrected chi connectivity index (χ1v) is 2.43. The molecule has 0 spiro atoms. The minimum atomic E-state index is -4.87. The van der Waals surface area contributed by atoms with Crippen molar-refractivity contribution in [1.82, 2.24) is 0 Å². The van der Waals surface area contributed by atoms with E-state index in [-0.39, 0.29) is 33.0 Å². The van der Waals surface area contributed by atoms with E-state index in [0.717, 1.165) is 6.92 Å². The zero-order valence-electron chi connectivity index (χ0n) is 5.79. The van der Waals surface area contributed by atoms with Crippen LogP contribution >= 0.6 is 0 Å². The van der Waals surface area contributed by atoms with Gasteiger partial charge in [-0.3, -0.25) is 9.59 Å². The van der Waals surface area contributed by atoms with Crippen molar-refractivity contribution in [3.63, 3.8) is 0 Å².